The van der Waals surface area contributed by atoms with Crippen LogP contribution in [0.15, 0.2) is 60.7 Å². The summed E-state index contributed by atoms with van der Waals surface area (Å²) in [6.45, 7) is 4.73. The van der Waals surface area contributed by atoms with Crippen LogP contribution in [-0.2, 0) is 9.53 Å². The van der Waals surface area contributed by atoms with Gasteiger partial charge in [-0.05, 0) is 23.8 Å². The van der Waals surface area contributed by atoms with Crippen molar-refractivity contribution in [3.8, 4) is 0 Å². The summed E-state index contributed by atoms with van der Waals surface area (Å²) in [5.41, 5.74) is 1.94. The lowest BCUT2D eigenvalue weighted by atomic mass is 10.2. The molecule has 2 heterocycles. The predicted molar refractivity (Wildman–Crippen MR) is 122 cm³/mol. The lowest BCUT2D eigenvalue weighted by Crippen LogP contribution is -2.42. The maximum Gasteiger partial charge on any atom is 0.252 e. The molecule has 0 aliphatic carbocycles. The molecular formula is C22H24ClN3O2S. The van der Waals surface area contributed by atoms with Crippen molar-refractivity contribution in [3.05, 3.63) is 66.2 Å². The molecule has 152 valence electrons. The summed E-state index contributed by atoms with van der Waals surface area (Å²) in [5, 5.41) is 0.747. The average Bonchev–Trinajstić information content (AvgIpc) is 3.18. The van der Waals surface area contributed by atoms with E-state index in [-0.39, 0.29) is 18.3 Å². The Hall–Kier alpha value is -2.25. The zero-order valence-corrected chi connectivity index (χ0v) is 17.7. The molecule has 1 aromatic heterocycles. The molecule has 4 rings (SSSR count). The molecule has 1 fully saturated rings. The highest BCUT2D eigenvalue weighted by molar-refractivity contribution is 7.22. The van der Waals surface area contributed by atoms with Crippen molar-refractivity contribution in [3.63, 3.8) is 0 Å². The van der Waals surface area contributed by atoms with Crippen LogP contribution in [-0.4, -0.2) is 55.2 Å². The zero-order valence-electron chi connectivity index (χ0n) is 16.1. The Bertz CT molecular complexity index is 922. The number of carbonyl (C=O) groups excluding carboxylic acids is 1. The van der Waals surface area contributed by atoms with Gasteiger partial charge in [-0.2, -0.15) is 0 Å². The van der Waals surface area contributed by atoms with Crippen molar-refractivity contribution in [1.82, 2.24) is 9.88 Å². The van der Waals surface area contributed by atoms with Gasteiger partial charge in [-0.25, -0.2) is 4.98 Å². The molecule has 0 N–H and O–H groups in total. The lowest BCUT2D eigenvalue weighted by molar-refractivity contribution is -0.114. The first-order valence-corrected chi connectivity index (χ1v) is 10.3. The van der Waals surface area contributed by atoms with Gasteiger partial charge in [0.05, 0.1) is 23.4 Å². The van der Waals surface area contributed by atoms with E-state index >= 15 is 0 Å². The molecule has 0 unspecified atom stereocenters. The number of carbonyl (C=O) groups is 1. The standard InChI is InChI=1S/C22H23N3O2S.ClH/c26-21(11-10-18-6-2-1-3-7-18)25(13-12-24-14-16-27-17-15-24)22-23-19-8-4-5-9-20(19)28-22;/h1-11H,12-17H2;1H. The van der Waals surface area contributed by atoms with Gasteiger partial charge in [0.25, 0.3) is 5.91 Å². The summed E-state index contributed by atoms with van der Waals surface area (Å²) in [6, 6.07) is 17.9. The fourth-order valence-electron chi connectivity index (χ4n) is 3.16. The maximum atomic E-state index is 13.0. The number of anilines is 1. The Labute approximate surface area is 181 Å². The molecule has 0 spiro atoms. The van der Waals surface area contributed by atoms with Crippen molar-refractivity contribution in [2.75, 3.05) is 44.3 Å². The summed E-state index contributed by atoms with van der Waals surface area (Å²) in [5.74, 6) is -0.0452. The molecule has 3 aromatic rings. The maximum absolute atomic E-state index is 13.0. The Kier molecular flexibility index (Phi) is 7.77. The molecule has 2 aromatic carbocycles. The van der Waals surface area contributed by atoms with Crippen molar-refractivity contribution < 1.29 is 9.53 Å². The Morgan fingerprint density at radius 3 is 2.59 bits per heavy atom. The zero-order chi connectivity index (χ0) is 19.2. The third-order valence-corrected chi connectivity index (χ3v) is 5.80. The van der Waals surface area contributed by atoms with Crippen molar-refractivity contribution in [2.24, 2.45) is 0 Å². The molecule has 5 nitrogen and oxygen atoms in total. The SMILES string of the molecule is Cl.O=C(C=Cc1ccccc1)N(CCN1CCOCC1)c1nc2ccccc2s1. The second-order valence-corrected chi connectivity index (χ2v) is 7.66. The van der Waals surface area contributed by atoms with Crippen LogP contribution in [0.1, 0.15) is 5.56 Å². The predicted octanol–water partition coefficient (Wildman–Crippen LogP) is 4.10. The number of fused-ring (bicyclic) bond motifs is 1. The van der Waals surface area contributed by atoms with E-state index in [1.165, 1.54) is 0 Å². The van der Waals surface area contributed by atoms with Crippen LogP contribution in [0.2, 0.25) is 0 Å². The van der Waals surface area contributed by atoms with Crippen LogP contribution in [0.3, 0.4) is 0 Å². The van der Waals surface area contributed by atoms with Gasteiger partial charge in [-0.15, -0.1) is 12.4 Å². The van der Waals surface area contributed by atoms with E-state index in [1.54, 1.807) is 22.3 Å². The van der Waals surface area contributed by atoms with E-state index in [0.717, 1.165) is 53.8 Å². The van der Waals surface area contributed by atoms with Gasteiger partial charge in [-0.3, -0.25) is 14.6 Å². The van der Waals surface area contributed by atoms with Gasteiger partial charge in [0.2, 0.25) is 0 Å². The molecule has 7 heteroatoms. The lowest BCUT2D eigenvalue weighted by Gasteiger charge is -2.28. The first kappa shape index (κ1) is 21.5. The second-order valence-electron chi connectivity index (χ2n) is 6.65. The number of thiazole rings is 1. The fourth-order valence-corrected chi connectivity index (χ4v) is 4.16. The fraction of sp³-hybridized carbons (Fsp3) is 0.273. The van der Waals surface area contributed by atoms with Crippen LogP contribution in [0.25, 0.3) is 16.3 Å². The number of hydrogen-bond donors (Lipinski definition) is 0. The molecule has 0 atom stereocenters. The number of hydrogen-bond acceptors (Lipinski definition) is 5. The van der Waals surface area contributed by atoms with Gasteiger partial charge >= 0.3 is 0 Å². The quantitative estimate of drug-likeness (QED) is 0.553. The third-order valence-electron chi connectivity index (χ3n) is 4.74. The number of halogens is 1. The van der Waals surface area contributed by atoms with Crippen molar-refractivity contribution in [1.29, 1.82) is 0 Å². The van der Waals surface area contributed by atoms with Gasteiger partial charge < -0.3 is 4.74 Å². The Morgan fingerprint density at radius 1 is 1.10 bits per heavy atom. The smallest absolute Gasteiger partial charge is 0.252 e. The van der Waals surface area contributed by atoms with Crippen molar-refractivity contribution >= 4 is 51.1 Å². The van der Waals surface area contributed by atoms with E-state index in [0.29, 0.717) is 6.54 Å². The number of nitrogens with zero attached hydrogens (tertiary/aromatic N) is 3. The van der Waals surface area contributed by atoms with Crippen LogP contribution in [0.5, 0.6) is 0 Å². The van der Waals surface area contributed by atoms with E-state index in [1.807, 2.05) is 60.7 Å². The van der Waals surface area contributed by atoms with Crippen LogP contribution in [0.4, 0.5) is 5.13 Å². The minimum absolute atomic E-state index is 0. The van der Waals surface area contributed by atoms with Gasteiger partial charge in [0, 0.05) is 32.3 Å². The summed E-state index contributed by atoms with van der Waals surface area (Å²) >= 11 is 1.56. The molecule has 0 radical (unpaired) electrons. The minimum atomic E-state index is -0.0452. The molecule has 1 amide bonds. The molecule has 1 aliphatic heterocycles. The molecule has 1 saturated heterocycles. The number of rotatable bonds is 6. The Balaban J connectivity index is 0.00000240. The highest BCUT2D eigenvalue weighted by Gasteiger charge is 2.20. The number of benzene rings is 2. The van der Waals surface area contributed by atoms with E-state index in [4.69, 9.17) is 9.72 Å². The third kappa shape index (κ3) is 5.64. The van der Waals surface area contributed by atoms with E-state index < -0.39 is 0 Å². The van der Waals surface area contributed by atoms with Crippen LogP contribution >= 0.6 is 23.7 Å². The van der Waals surface area contributed by atoms with Crippen LogP contribution < -0.4 is 4.90 Å². The molecule has 0 bridgehead atoms. The monoisotopic (exact) mass is 429 g/mol. The minimum Gasteiger partial charge on any atom is -0.379 e. The second kappa shape index (κ2) is 10.5. The highest BCUT2D eigenvalue weighted by Crippen LogP contribution is 2.28. The number of morpholine rings is 1. The number of ether oxygens (including phenoxy) is 1. The van der Waals surface area contributed by atoms with Crippen molar-refractivity contribution in [2.45, 2.75) is 0 Å². The number of amides is 1. The summed E-state index contributed by atoms with van der Waals surface area (Å²) in [7, 11) is 0. The largest absolute Gasteiger partial charge is 0.379 e. The summed E-state index contributed by atoms with van der Waals surface area (Å²) in [4.78, 5) is 21.9. The first-order chi connectivity index (χ1) is 13.8. The van der Waals surface area contributed by atoms with Gasteiger partial charge in [0.15, 0.2) is 5.13 Å². The number of para-hydroxylation sites is 1. The topological polar surface area (TPSA) is 45.7 Å². The van der Waals surface area contributed by atoms with Crippen LogP contribution in [0, 0.1) is 0 Å². The molecule has 29 heavy (non-hydrogen) atoms. The molecule has 1 aliphatic rings. The normalized spacial score (nSPS) is 14.8. The molecule has 0 saturated carbocycles. The summed E-state index contributed by atoms with van der Waals surface area (Å²) < 4.78 is 6.51. The Morgan fingerprint density at radius 2 is 1.83 bits per heavy atom. The van der Waals surface area contributed by atoms with Gasteiger partial charge in [-0.1, -0.05) is 53.8 Å². The average molecular weight is 430 g/mol. The van der Waals surface area contributed by atoms with Gasteiger partial charge in [0.1, 0.15) is 0 Å². The van der Waals surface area contributed by atoms with E-state index in [9.17, 15) is 4.79 Å². The van der Waals surface area contributed by atoms with E-state index in [2.05, 4.69) is 4.90 Å². The summed E-state index contributed by atoms with van der Waals surface area (Å²) in [6.07, 6.45) is 3.50. The molecular weight excluding hydrogens is 406 g/mol. The highest BCUT2D eigenvalue weighted by atomic mass is 35.5. The number of aromatic nitrogens is 1. The first-order valence-electron chi connectivity index (χ1n) is 9.50.